The van der Waals surface area contributed by atoms with Crippen LogP contribution in [0, 0.1) is 0 Å². The van der Waals surface area contributed by atoms with Crippen LogP contribution in [0.25, 0.3) is 0 Å². The van der Waals surface area contributed by atoms with Gasteiger partial charge in [0, 0.05) is 48.9 Å². The Morgan fingerprint density at radius 3 is 2.42 bits per heavy atom. The van der Waals surface area contributed by atoms with Gasteiger partial charge >= 0.3 is 0 Å². The Kier molecular flexibility index (Phi) is 9.80. The molecule has 0 spiro atoms. The zero-order valence-corrected chi connectivity index (χ0v) is 25.4. The molecule has 2 amide bonds. The number of hydrogen-bond acceptors (Lipinski definition) is 9. The molecule has 0 saturated heterocycles. The molecule has 232 valence electrons. The van der Waals surface area contributed by atoms with E-state index in [-0.39, 0.29) is 11.8 Å². The molecule has 11 nitrogen and oxygen atoms in total. The van der Waals surface area contributed by atoms with Crippen molar-refractivity contribution in [3.05, 3.63) is 102 Å². The lowest BCUT2D eigenvalue weighted by atomic mass is 10.1. The highest BCUT2D eigenvalue weighted by molar-refractivity contribution is 6.04. The van der Waals surface area contributed by atoms with Crippen molar-refractivity contribution >= 4 is 40.5 Å². The van der Waals surface area contributed by atoms with E-state index in [1.165, 1.54) is 6.08 Å². The molecular weight excluding hydrogens is 574 g/mol. The van der Waals surface area contributed by atoms with Crippen LogP contribution >= 0.6 is 0 Å². The standard InChI is InChI=1S/C34H35N5O6/c1-5-31(40)36-26-8-6-7-25(18-26)35-30-17-23-21-39(20-22-9-12-28(43-3)19-29(22)44-4)34(41)32(23)33(38-30)37-24-10-13-27(14-11-24)45-16-15-42-2/h5-14,17-19H,1,15-16,20-21H2,2-4H3,(H,36,40)(H2,35,37,38). The number of fused-ring (bicyclic) bond motifs is 1. The fourth-order valence-electron chi connectivity index (χ4n) is 4.90. The summed E-state index contributed by atoms with van der Waals surface area (Å²) in [7, 11) is 4.81. The largest absolute Gasteiger partial charge is 0.497 e. The van der Waals surface area contributed by atoms with E-state index < -0.39 is 0 Å². The molecule has 5 rings (SSSR count). The second-order valence-corrected chi connectivity index (χ2v) is 10.1. The third-order valence-corrected chi connectivity index (χ3v) is 7.08. The summed E-state index contributed by atoms with van der Waals surface area (Å²) >= 11 is 0. The van der Waals surface area contributed by atoms with Crippen LogP contribution in [0.3, 0.4) is 0 Å². The molecule has 3 N–H and O–H groups in total. The van der Waals surface area contributed by atoms with Crippen molar-refractivity contribution in [3.63, 3.8) is 0 Å². The molecule has 0 saturated carbocycles. The molecular formula is C34H35N5O6. The number of amides is 2. The first-order valence-corrected chi connectivity index (χ1v) is 14.2. The van der Waals surface area contributed by atoms with Crippen molar-refractivity contribution < 1.29 is 28.5 Å². The monoisotopic (exact) mass is 609 g/mol. The van der Waals surface area contributed by atoms with E-state index in [0.717, 1.165) is 16.8 Å². The molecule has 3 aromatic carbocycles. The maximum absolute atomic E-state index is 13.9. The molecule has 2 heterocycles. The zero-order chi connectivity index (χ0) is 31.8. The highest BCUT2D eigenvalue weighted by Gasteiger charge is 2.32. The van der Waals surface area contributed by atoms with Crippen molar-refractivity contribution in [1.29, 1.82) is 0 Å². The van der Waals surface area contributed by atoms with Gasteiger partial charge in [0.1, 0.15) is 35.5 Å². The normalized spacial score (nSPS) is 11.9. The Morgan fingerprint density at radius 2 is 1.69 bits per heavy atom. The average molecular weight is 610 g/mol. The number of ether oxygens (including phenoxy) is 4. The SMILES string of the molecule is C=CC(=O)Nc1cccc(Nc2cc3c(c(Nc4ccc(OCCOC)cc4)n2)C(=O)N(Cc2ccc(OC)cc2OC)C3)c1. The second-order valence-electron chi connectivity index (χ2n) is 10.1. The van der Waals surface area contributed by atoms with Gasteiger partial charge in [0.25, 0.3) is 5.91 Å². The van der Waals surface area contributed by atoms with Crippen LogP contribution in [-0.4, -0.2) is 56.2 Å². The predicted molar refractivity (Wildman–Crippen MR) is 173 cm³/mol. The van der Waals surface area contributed by atoms with E-state index in [0.29, 0.717) is 72.1 Å². The summed E-state index contributed by atoms with van der Waals surface area (Å²) in [6.45, 7) is 5.13. The number of nitrogens with one attached hydrogen (secondary N) is 3. The van der Waals surface area contributed by atoms with E-state index in [1.807, 2.05) is 54.6 Å². The Morgan fingerprint density at radius 1 is 0.911 bits per heavy atom. The number of rotatable bonds is 14. The molecule has 11 heteroatoms. The van der Waals surface area contributed by atoms with Gasteiger partial charge in [0.15, 0.2) is 0 Å². The summed E-state index contributed by atoms with van der Waals surface area (Å²) in [5.74, 6) is 2.47. The lowest BCUT2D eigenvalue weighted by Gasteiger charge is -2.18. The summed E-state index contributed by atoms with van der Waals surface area (Å²) in [5.41, 5.74) is 4.19. The maximum Gasteiger partial charge on any atom is 0.258 e. The summed E-state index contributed by atoms with van der Waals surface area (Å²) in [4.78, 5) is 32.2. The molecule has 0 fully saturated rings. The molecule has 0 unspecified atom stereocenters. The van der Waals surface area contributed by atoms with Gasteiger partial charge in [-0.1, -0.05) is 12.6 Å². The third-order valence-electron chi connectivity index (χ3n) is 7.08. The second kappa shape index (κ2) is 14.3. The van der Waals surface area contributed by atoms with Gasteiger partial charge in [0.2, 0.25) is 5.91 Å². The number of aromatic nitrogens is 1. The summed E-state index contributed by atoms with van der Waals surface area (Å²) in [5, 5.41) is 9.41. The molecule has 45 heavy (non-hydrogen) atoms. The van der Waals surface area contributed by atoms with Crippen molar-refractivity contribution in [2.45, 2.75) is 13.1 Å². The highest BCUT2D eigenvalue weighted by atomic mass is 16.5. The lowest BCUT2D eigenvalue weighted by Crippen LogP contribution is -2.24. The Balaban J connectivity index is 1.44. The van der Waals surface area contributed by atoms with Crippen LogP contribution in [0.5, 0.6) is 17.2 Å². The molecule has 4 aromatic rings. The minimum atomic E-state index is -0.309. The highest BCUT2D eigenvalue weighted by Crippen LogP contribution is 2.36. The number of carbonyl (C=O) groups is 2. The first-order valence-electron chi connectivity index (χ1n) is 14.2. The summed E-state index contributed by atoms with van der Waals surface area (Å²) in [6.07, 6.45) is 1.21. The topological polar surface area (TPSA) is 123 Å². The van der Waals surface area contributed by atoms with Gasteiger partial charge in [-0.3, -0.25) is 9.59 Å². The zero-order valence-electron chi connectivity index (χ0n) is 25.4. The number of hydrogen-bond donors (Lipinski definition) is 3. The minimum Gasteiger partial charge on any atom is -0.497 e. The minimum absolute atomic E-state index is 0.155. The molecule has 0 radical (unpaired) electrons. The number of benzene rings is 3. The van der Waals surface area contributed by atoms with Gasteiger partial charge < -0.3 is 39.8 Å². The molecule has 1 aromatic heterocycles. The van der Waals surface area contributed by atoms with Gasteiger partial charge in [-0.05, 0) is 72.3 Å². The fourth-order valence-corrected chi connectivity index (χ4v) is 4.90. The third kappa shape index (κ3) is 7.51. The van der Waals surface area contributed by atoms with E-state index in [9.17, 15) is 9.59 Å². The van der Waals surface area contributed by atoms with Crippen LogP contribution in [0.1, 0.15) is 21.5 Å². The van der Waals surface area contributed by atoms with Crippen molar-refractivity contribution in [2.24, 2.45) is 0 Å². The predicted octanol–water partition coefficient (Wildman–Crippen LogP) is 5.89. The molecule has 0 bridgehead atoms. The summed E-state index contributed by atoms with van der Waals surface area (Å²) in [6, 6.07) is 22.1. The fraction of sp³-hybridized carbons (Fsp3) is 0.206. The van der Waals surface area contributed by atoms with Crippen LogP contribution in [0.15, 0.2) is 85.5 Å². The lowest BCUT2D eigenvalue weighted by molar-refractivity contribution is -0.111. The first-order chi connectivity index (χ1) is 21.9. The molecule has 0 aliphatic carbocycles. The van der Waals surface area contributed by atoms with Crippen LogP contribution in [-0.2, 0) is 22.6 Å². The molecule has 1 aliphatic rings. The quantitative estimate of drug-likeness (QED) is 0.119. The molecule has 1 aliphatic heterocycles. The van der Waals surface area contributed by atoms with Crippen molar-refractivity contribution in [2.75, 3.05) is 50.5 Å². The Hall–Kier alpha value is -5.55. The van der Waals surface area contributed by atoms with Crippen molar-refractivity contribution in [3.8, 4) is 17.2 Å². The average Bonchev–Trinajstić information content (AvgIpc) is 3.36. The van der Waals surface area contributed by atoms with Crippen LogP contribution in [0.4, 0.5) is 28.7 Å². The van der Waals surface area contributed by atoms with Crippen LogP contribution in [0.2, 0.25) is 0 Å². The van der Waals surface area contributed by atoms with Gasteiger partial charge in [-0.25, -0.2) is 4.98 Å². The number of nitrogens with zero attached hydrogens (tertiary/aromatic N) is 2. The van der Waals surface area contributed by atoms with Gasteiger partial charge in [-0.2, -0.15) is 0 Å². The maximum atomic E-state index is 13.9. The van der Waals surface area contributed by atoms with Gasteiger partial charge in [-0.15, -0.1) is 0 Å². The van der Waals surface area contributed by atoms with Crippen molar-refractivity contribution in [1.82, 2.24) is 9.88 Å². The Bertz CT molecular complexity index is 1690. The van der Waals surface area contributed by atoms with E-state index in [1.54, 1.807) is 44.4 Å². The van der Waals surface area contributed by atoms with E-state index in [2.05, 4.69) is 22.5 Å². The molecule has 0 atom stereocenters. The number of anilines is 5. The number of carbonyl (C=O) groups excluding carboxylic acids is 2. The first kappa shape index (κ1) is 30.9. The number of methoxy groups -OCH3 is 3. The van der Waals surface area contributed by atoms with Gasteiger partial charge in [0.05, 0.1) is 26.4 Å². The smallest absolute Gasteiger partial charge is 0.258 e. The summed E-state index contributed by atoms with van der Waals surface area (Å²) < 4.78 is 21.6. The number of pyridine rings is 1. The van der Waals surface area contributed by atoms with Crippen LogP contribution < -0.4 is 30.2 Å². The van der Waals surface area contributed by atoms with E-state index >= 15 is 0 Å². The van der Waals surface area contributed by atoms with E-state index in [4.69, 9.17) is 23.9 Å². The Labute approximate surface area is 261 Å².